The van der Waals surface area contributed by atoms with Crippen molar-refractivity contribution in [3.05, 3.63) is 18.2 Å². The van der Waals surface area contributed by atoms with Gasteiger partial charge in [-0.3, -0.25) is 4.72 Å². The van der Waals surface area contributed by atoms with Gasteiger partial charge in [-0.05, 0) is 38.8 Å². The number of hydrogen-bond donors (Lipinski definition) is 1. The number of sulfonamides is 1. The lowest BCUT2D eigenvalue weighted by Crippen LogP contribution is -2.13. The second kappa shape index (κ2) is 5.28. The van der Waals surface area contributed by atoms with E-state index in [0.717, 1.165) is 19.1 Å². The fourth-order valence-electron chi connectivity index (χ4n) is 1.62. The van der Waals surface area contributed by atoms with Gasteiger partial charge in [-0.15, -0.1) is 0 Å². The van der Waals surface area contributed by atoms with Crippen molar-refractivity contribution in [2.75, 3.05) is 11.0 Å². The molecule has 106 valence electrons. The van der Waals surface area contributed by atoms with Crippen LogP contribution in [0.15, 0.2) is 18.2 Å². The third-order valence-corrected chi connectivity index (χ3v) is 3.04. The zero-order chi connectivity index (χ0) is 14.0. The van der Waals surface area contributed by atoms with E-state index < -0.39 is 10.0 Å². The number of rotatable bonds is 6. The summed E-state index contributed by atoms with van der Waals surface area (Å²) in [7, 11) is -3.35. The van der Waals surface area contributed by atoms with Crippen molar-refractivity contribution in [2.45, 2.75) is 38.9 Å². The molecule has 0 bridgehead atoms. The summed E-state index contributed by atoms with van der Waals surface area (Å²) in [6.07, 6.45) is 3.26. The molecule has 2 rings (SSSR count). The lowest BCUT2D eigenvalue weighted by Gasteiger charge is -2.18. The number of benzene rings is 1. The van der Waals surface area contributed by atoms with Gasteiger partial charge in [0.25, 0.3) is 0 Å². The van der Waals surface area contributed by atoms with Gasteiger partial charge in [-0.1, -0.05) is 6.07 Å². The van der Waals surface area contributed by atoms with E-state index in [4.69, 9.17) is 9.47 Å². The van der Waals surface area contributed by atoms with Crippen LogP contribution >= 0.6 is 0 Å². The number of anilines is 1. The van der Waals surface area contributed by atoms with Crippen LogP contribution in [0.2, 0.25) is 0 Å². The Bertz CT molecular complexity index is 550. The Morgan fingerprint density at radius 2 is 2.00 bits per heavy atom. The summed E-state index contributed by atoms with van der Waals surface area (Å²) in [4.78, 5) is 0. The molecule has 1 fully saturated rings. The molecule has 0 amide bonds. The van der Waals surface area contributed by atoms with Crippen molar-refractivity contribution in [1.82, 2.24) is 0 Å². The van der Waals surface area contributed by atoms with E-state index in [1.807, 2.05) is 13.8 Å². The Morgan fingerprint density at radius 3 is 2.53 bits per heavy atom. The Balaban J connectivity index is 2.34. The highest BCUT2D eigenvalue weighted by Crippen LogP contribution is 2.40. The van der Waals surface area contributed by atoms with Gasteiger partial charge in [0.2, 0.25) is 10.0 Å². The topological polar surface area (TPSA) is 64.6 Å². The minimum Gasteiger partial charge on any atom is -0.487 e. The molecule has 6 heteroatoms. The van der Waals surface area contributed by atoms with E-state index >= 15 is 0 Å². The third-order valence-electron chi connectivity index (χ3n) is 2.45. The van der Waals surface area contributed by atoms with Crippen molar-refractivity contribution in [3.8, 4) is 11.5 Å². The molecule has 0 saturated heterocycles. The first-order chi connectivity index (χ1) is 8.85. The summed E-state index contributed by atoms with van der Waals surface area (Å²) in [5.74, 6) is 1.04. The summed E-state index contributed by atoms with van der Waals surface area (Å²) >= 11 is 0. The smallest absolute Gasteiger partial charge is 0.229 e. The molecule has 0 aliphatic heterocycles. The number of para-hydroxylation sites is 1. The maximum absolute atomic E-state index is 11.4. The summed E-state index contributed by atoms with van der Waals surface area (Å²) in [5, 5.41) is 0. The molecule has 0 unspecified atom stereocenters. The molecule has 1 N–H and O–H groups in total. The van der Waals surface area contributed by atoms with Crippen LogP contribution in [0.4, 0.5) is 5.69 Å². The lowest BCUT2D eigenvalue weighted by molar-refractivity contribution is 0.218. The first kappa shape index (κ1) is 14.0. The number of nitrogens with one attached hydrogen (secondary N) is 1. The number of hydrogen-bond acceptors (Lipinski definition) is 4. The van der Waals surface area contributed by atoms with Gasteiger partial charge in [0.1, 0.15) is 0 Å². The fraction of sp³-hybridized carbons (Fsp3) is 0.538. The second-order valence-corrected chi connectivity index (χ2v) is 6.74. The first-order valence-corrected chi connectivity index (χ1v) is 8.18. The van der Waals surface area contributed by atoms with Crippen LogP contribution in [0.3, 0.4) is 0 Å². The molecular weight excluding hydrogens is 266 g/mol. The molecular formula is C13H19NO4S. The van der Waals surface area contributed by atoms with Crippen molar-refractivity contribution in [2.24, 2.45) is 0 Å². The quantitative estimate of drug-likeness (QED) is 0.871. The molecule has 1 aliphatic carbocycles. The standard InChI is InChI=1S/C13H19NO4S/c1-9(2)17-12-6-4-5-11(14-19(3,15)16)13(12)18-10-7-8-10/h4-6,9-10,14H,7-8H2,1-3H3. The van der Waals surface area contributed by atoms with Crippen LogP contribution in [0, 0.1) is 0 Å². The van der Waals surface area contributed by atoms with Crippen molar-refractivity contribution >= 4 is 15.7 Å². The maximum atomic E-state index is 11.4. The molecule has 0 radical (unpaired) electrons. The van der Waals surface area contributed by atoms with E-state index in [9.17, 15) is 8.42 Å². The Kier molecular flexibility index (Phi) is 3.89. The van der Waals surface area contributed by atoms with Gasteiger partial charge in [0.15, 0.2) is 11.5 Å². The zero-order valence-corrected chi connectivity index (χ0v) is 12.2. The van der Waals surface area contributed by atoms with Crippen LogP contribution in [0.25, 0.3) is 0 Å². The number of ether oxygens (including phenoxy) is 2. The average Bonchev–Trinajstić information content (AvgIpc) is 3.03. The lowest BCUT2D eigenvalue weighted by atomic mass is 10.2. The first-order valence-electron chi connectivity index (χ1n) is 6.29. The van der Waals surface area contributed by atoms with Crippen molar-refractivity contribution in [1.29, 1.82) is 0 Å². The van der Waals surface area contributed by atoms with Gasteiger partial charge in [0, 0.05) is 0 Å². The third kappa shape index (κ3) is 4.31. The molecule has 0 heterocycles. The Hall–Kier alpha value is -1.43. The van der Waals surface area contributed by atoms with Crippen molar-refractivity contribution < 1.29 is 17.9 Å². The molecule has 5 nitrogen and oxygen atoms in total. The van der Waals surface area contributed by atoms with E-state index in [1.54, 1.807) is 18.2 Å². The molecule has 0 spiro atoms. The van der Waals surface area contributed by atoms with E-state index in [2.05, 4.69) is 4.72 Å². The second-order valence-electron chi connectivity index (χ2n) is 4.99. The van der Waals surface area contributed by atoms with Gasteiger partial charge in [-0.25, -0.2) is 8.42 Å². The Morgan fingerprint density at radius 1 is 1.32 bits per heavy atom. The SMILES string of the molecule is CC(C)Oc1cccc(NS(C)(=O)=O)c1OC1CC1. The molecule has 1 aromatic rings. The van der Waals surface area contributed by atoms with Gasteiger partial charge >= 0.3 is 0 Å². The predicted octanol–water partition coefficient (Wildman–Crippen LogP) is 2.39. The molecule has 0 aromatic heterocycles. The summed E-state index contributed by atoms with van der Waals surface area (Å²) in [5.41, 5.74) is 0.424. The Labute approximate surface area is 114 Å². The molecule has 19 heavy (non-hydrogen) atoms. The van der Waals surface area contributed by atoms with Crippen LogP contribution in [-0.2, 0) is 10.0 Å². The van der Waals surface area contributed by atoms with Gasteiger partial charge in [0.05, 0.1) is 24.2 Å². The van der Waals surface area contributed by atoms with Crippen LogP contribution < -0.4 is 14.2 Å². The van der Waals surface area contributed by atoms with Crippen LogP contribution in [0.5, 0.6) is 11.5 Å². The highest BCUT2D eigenvalue weighted by Gasteiger charge is 2.27. The molecule has 1 aliphatic rings. The van der Waals surface area contributed by atoms with E-state index in [0.29, 0.717) is 17.2 Å². The van der Waals surface area contributed by atoms with Gasteiger partial charge < -0.3 is 9.47 Å². The van der Waals surface area contributed by atoms with E-state index in [-0.39, 0.29) is 12.2 Å². The highest BCUT2D eigenvalue weighted by atomic mass is 32.2. The zero-order valence-electron chi connectivity index (χ0n) is 11.3. The highest BCUT2D eigenvalue weighted by molar-refractivity contribution is 7.92. The summed E-state index contributed by atoms with van der Waals surface area (Å²) in [6.45, 7) is 3.83. The molecule has 1 saturated carbocycles. The normalized spacial score (nSPS) is 15.4. The van der Waals surface area contributed by atoms with Crippen molar-refractivity contribution in [3.63, 3.8) is 0 Å². The van der Waals surface area contributed by atoms with Gasteiger partial charge in [-0.2, -0.15) is 0 Å². The minimum atomic E-state index is -3.35. The molecule has 0 atom stereocenters. The fourth-order valence-corrected chi connectivity index (χ4v) is 2.18. The summed E-state index contributed by atoms with van der Waals surface area (Å²) < 4.78 is 36.7. The maximum Gasteiger partial charge on any atom is 0.229 e. The predicted molar refractivity (Wildman–Crippen MR) is 74.3 cm³/mol. The monoisotopic (exact) mass is 285 g/mol. The van der Waals surface area contributed by atoms with Crippen LogP contribution in [-0.4, -0.2) is 26.9 Å². The minimum absolute atomic E-state index is 0.00460. The van der Waals surface area contributed by atoms with E-state index in [1.165, 1.54) is 0 Å². The van der Waals surface area contributed by atoms with Crippen LogP contribution in [0.1, 0.15) is 26.7 Å². The average molecular weight is 285 g/mol. The largest absolute Gasteiger partial charge is 0.487 e. The molecule has 1 aromatic carbocycles. The summed E-state index contributed by atoms with van der Waals surface area (Å²) in [6, 6.07) is 5.20.